The van der Waals surface area contributed by atoms with Crippen molar-refractivity contribution in [1.29, 1.82) is 0 Å². The Balaban J connectivity index is 2.81. The highest BCUT2D eigenvalue weighted by Crippen LogP contribution is 2.09. The van der Waals surface area contributed by atoms with E-state index in [1.165, 1.54) is 13.8 Å². The molecule has 268 valence electrons. The lowest BCUT2D eigenvalue weighted by molar-refractivity contribution is -0.142. The van der Waals surface area contributed by atoms with Gasteiger partial charge in [-0.15, -0.1) is 0 Å². The standard InChI is InChI=1S/C32H51N7O9/c1-17(2)12-22(37-28(43)19(5)33)30(45)39-27(20(6)40)31(46)35-15-25(41)34-16-26(42)36-23(14-21-10-8-7-9-11-21)29(44)38-24(32(47)48)13-18(3)4/h7-11,17-20,22-24,27,40H,12-16,33H2,1-6H3,(H,34,41)(H,35,46)(H,36,42)(H,37,43)(H,38,44)(H,39,45)(H,47,48)/t19-,20-,22-,23+,24+,27+/m1/s1. The minimum Gasteiger partial charge on any atom is -0.480 e. The molecule has 6 amide bonds. The van der Waals surface area contributed by atoms with E-state index >= 15 is 0 Å². The van der Waals surface area contributed by atoms with Gasteiger partial charge in [-0.3, -0.25) is 28.8 Å². The lowest BCUT2D eigenvalue weighted by Crippen LogP contribution is -2.59. The summed E-state index contributed by atoms with van der Waals surface area (Å²) in [5.41, 5.74) is 6.29. The average Bonchev–Trinajstić information content (AvgIpc) is 2.99. The summed E-state index contributed by atoms with van der Waals surface area (Å²) < 4.78 is 0. The van der Waals surface area contributed by atoms with Crippen molar-refractivity contribution < 1.29 is 43.8 Å². The first-order chi connectivity index (χ1) is 22.4. The Hall–Kier alpha value is -4.57. The van der Waals surface area contributed by atoms with E-state index in [0.29, 0.717) is 5.56 Å². The molecule has 1 aromatic carbocycles. The summed E-state index contributed by atoms with van der Waals surface area (Å²) in [6.07, 6.45) is -0.914. The third-order valence-electron chi connectivity index (χ3n) is 6.94. The van der Waals surface area contributed by atoms with Gasteiger partial charge in [0, 0.05) is 6.42 Å². The average molecular weight is 678 g/mol. The first kappa shape index (κ1) is 41.5. The Morgan fingerprint density at radius 1 is 0.646 bits per heavy atom. The molecular formula is C32H51N7O9. The number of carbonyl (C=O) groups excluding carboxylic acids is 6. The summed E-state index contributed by atoms with van der Waals surface area (Å²) in [4.78, 5) is 87.8. The summed E-state index contributed by atoms with van der Waals surface area (Å²) >= 11 is 0. The first-order valence-electron chi connectivity index (χ1n) is 15.9. The van der Waals surface area contributed by atoms with Gasteiger partial charge in [0.1, 0.15) is 24.2 Å². The van der Waals surface area contributed by atoms with Crippen LogP contribution in [-0.4, -0.2) is 101 Å². The summed E-state index contributed by atoms with van der Waals surface area (Å²) in [5.74, 6) is -5.69. The zero-order valence-electron chi connectivity index (χ0n) is 28.4. The van der Waals surface area contributed by atoms with Gasteiger partial charge in [0.2, 0.25) is 35.4 Å². The molecule has 0 bridgehead atoms. The molecule has 1 aromatic rings. The summed E-state index contributed by atoms with van der Waals surface area (Å²) in [5, 5.41) is 34.2. The van der Waals surface area contributed by atoms with E-state index in [-0.39, 0.29) is 31.1 Å². The fourth-order valence-electron chi connectivity index (χ4n) is 4.45. The Labute approximate surface area is 280 Å². The highest BCUT2D eigenvalue weighted by Gasteiger charge is 2.31. The Kier molecular flexibility index (Phi) is 17.8. The zero-order valence-corrected chi connectivity index (χ0v) is 28.4. The number of nitrogens with two attached hydrogens (primary N) is 1. The third-order valence-corrected chi connectivity index (χ3v) is 6.94. The fraction of sp³-hybridized carbons (Fsp3) is 0.594. The van der Waals surface area contributed by atoms with Crippen LogP contribution in [0.2, 0.25) is 0 Å². The van der Waals surface area contributed by atoms with Crippen molar-refractivity contribution in [2.45, 2.75) is 97.1 Å². The molecule has 10 N–H and O–H groups in total. The summed E-state index contributed by atoms with van der Waals surface area (Å²) in [7, 11) is 0. The molecule has 1 rings (SSSR count). The molecule has 0 heterocycles. The predicted molar refractivity (Wildman–Crippen MR) is 176 cm³/mol. The molecule has 0 aliphatic carbocycles. The monoisotopic (exact) mass is 677 g/mol. The molecule has 0 aromatic heterocycles. The second-order valence-electron chi connectivity index (χ2n) is 12.5. The maximum absolute atomic E-state index is 13.1. The van der Waals surface area contributed by atoms with Gasteiger partial charge in [0.25, 0.3) is 0 Å². The lowest BCUT2D eigenvalue weighted by atomic mass is 10.0. The van der Waals surface area contributed by atoms with Crippen molar-refractivity contribution in [2.75, 3.05) is 13.1 Å². The molecule has 0 saturated carbocycles. The molecule has 0 radical (unpaired) electrons. The van der Waals surface area contributed by atoms with Crippen LogP contribution in [0, 0.1) is 11.8 Å². The van der Waals surface area contributed by atoms with Crippen molar-refractivity contribution in [3.8, 4) is 0 Å². The SMILES string of the molecule is CC(C)C[C@H](NC(=O)[C@H](Cc1ccccc1)NC(=O)CNC(=O)CNC(=O)[C@@H](NC(=O)[C@@H](CC(C)C)NC(=O)[C@@H](C)N)[C@@H](C)O)C(=O)O. The predicted octanol–water partition coefficient (Wildman–Crippen LogP) is -1.69. The third kappa shape index (κ3) is 15.8. The van der Waals surface area contributed by atoms with Gasteiger partial charge in [-0.05, 0) is 44.1 Å². The van der Waals surface area contributed by atoms with E-state index in [4.69, 9.17) is 5.73 Å². The van der Waals surface area contributed by atoms with Gasteiger partial charge in [-0.25, -0.2) is 4.79 Å². The number of nitrogens with one attached hydrogen (secondary N) is 6. The van der Waals surface area contributed by atoms with Crippen LogP contribution in [0.15, 0.2) is 30.3 Å². The number of hydrogen-bond acceptors (Lipinski definition) is 9. The van der Waals surface area contributed by atoms with Crippen LogP contribution in [0.1, 0.15) is 59.9 Å². The van der Waals surface area contributed by atoms with Crippen molar-refractivity contribution in [3.05, 3.63) is 35.9 Å². The van der Waals surface area contributed by atoms with Gasteiger partial charge in [0.15, 0.2) is 0 Å². The van der Waals surface area contributed by atoms with E-state index in [2.05, 4.69) is 31.9 Å². The quantitative estimate of drug-likeness (QED) is 0.0756. The molecule has 0 saturated heterocycles. The van der Waals surface area contributed by atoms with E-state index < -0.39 is 90.8 Å². The maximum Gasteiger partial charge on any atom is 0.326 e. The number of aliphatic hydroxyl groups excluding tert-OH is 1. The van der Waals surface area contributed by atoms with Crippen LogP contribution in [0.5, 0.6) is 0 Å². The number of aliphatic carboxylic acids is 1. The number of carbonyl (C=O) groups is 7. The normalized spacial score (nSPS) is 14.8. The number of rotatable bonds is 20. The van der Waals surface area contributed by atoms with Crippen LogP contribution in [0.4, 0.5) is 0 Å². The molecule has 0 unspecified atom stereocenters. The van der Waals surface area contributed by atoms with Gasteiger partial charge in [0.05, 0.1) is 25.2 Å². The molecule has 16 heteroatoms. The van der Waals surface area contributed by atoms with Crippen molar-refractivity contribution in [2.24, 2.45) is 17.6 Å². The Morgan fingerprint density at radius 2 is 1.17 bits per heavy atom. The highest BCUT2D eigenvalue weighted by atomic mass is 16.4. The van der Waals surface area contributed by atoms with E-state index in [1.54, 1.807) is 30.3 Å². The van der Waals surface area contributed by atoms with Crippen molar-refractivity contribution in [3.63, 3.8) is 0 Å². The smallest absolute Gasteiger partial charge is 0.326 e. The first-order valence-corrected chi connectivity index (χ1v) is 15.9. The topological polar surface area (TPSA) is 258 Å². The molecule has 0 spiro atoms. The molecule has 0 aliphatic rings. The van der Waals surface area contributed by atoms with Crippen LogP contribution in [0.25, 0.3) is 0 Å². The van der Waals surface area contributed by atoms with Crippen LogP contribution in [-0.2, 0) is 40.0 Å². The van der Waals surface area contributed by atoms with Crippen LogP contribution in [0.3, 0.4) is 0 Å². The van der Waals surface area contributed by atoms with Gasteiger partial charge < -0.3 is 47.8 Å². The van der Waals surface area contributed by atoms with Crippen molar-refractivity contribution >= 4 is 41.4 Å². The van der Waals surface area contributed by atoms with Gasteiger partial charge in [-0.2, -0.15) is 0 Å². The number of hydrogen-bond donors (Lipinski definition) is 9. The number of carboxylic acid groups (broad SMARTS) is 1. The van der Waals surface area contributed by atoms with Crippen molar-refractivity contribution in [1.82, 2.24) is 31.9 Å². The van der Waals surface area contributed by atoms with Crippen LogP contribution >= 0.6 is 0 Å². The van der Waals surface area contributed by atoms with Crippen LogP contribution < -0.4 is 37.6 Å². The maximum atomic E-state index is 13.1. The minimum atomic E-state index is -1.47. The highest BCUT2D eigenvalue weighted by molar-refractivity contribution is 5.95. The second kappa shape index (κ2) is 20.6. The molecule has 48 heavy (non-hydrogen) atoms. The number of carboxylic acids is 1. The second-order valence-corrected chi connectivity index (χ2v) is 12.5. The number of benzene rings is 1. The van der Waals surface area contributed by atoms with E-state index in [0.717, 1.165) is 0 Å². The Morgan fingerprint density at radius 3 is 1.69 bits per heavy atom. The van der Waals surface area contributed by atoms with Gasteiger partial charge >= 0.3 is 5.97 Å². The number of aliphatic hydroxyl groups is 1. The molecule has 6 atom stereocenters. The number of amides is 6. The zero-order chi connectivity index (χ0) is 36.6. The Bertz CT molecular complexity index is 1260. The molecule has 0 aliphatic heterocycles. The molecular weight excluding hydrogens is 626 g/mol. The molecule has 16 nitrogen and oxygen atoms in total. The lowest BCUT2D eigenvalue weighted by Gasteiger charge is -2.26. The fourth-order valence-corrected chi connectivity index (χ4v) is 4.45. The summed E-state index contributed by atoms with van der Waals surface area (Å²) in [6.45, 7) is 8.80. The largest absolute Gasteiger partial charge is 0.480 e. The minimum absolute atomic E-state index is 0.0108. The van der Waals surface area contributed by atoms with Gasteiger partial charge in [-0.1, -0.05) is 58.0 Å². The summed E-state index contributed by atoms with van der Waals surface area (Å²) in [6, 6.07) is 3.05. The molecule has 0 fully saturated rings. The van der Waals surface area contributed by atoms with E-state index in [9.17, 15) is 43.8 Å². The van der Waals surface area contributed by atoms with E-state index in [1.807, 2.05) is 27.7 Å².